The van der Waals surface area contributed by atoms with E-state index < -0.39 is 28.9 Å². The van der Waals surface area contributed by atoms with Crippen molar-refractivity contribution in [3.63, 3.8) is 0 Å². The molecule has 100 heavy (non-hydrogen) atoms. The number of likely N-dealkylation sites (tertiary alicyclic amines) is 1. The van der Waals surface area contributed by atoms with Crippen LogP contribution in [0.25, 0.3) is 0 Å². The summed E-state index contributed by atoms with van der Waals surface area (Å²) in [5, 5.41) is 5.15. The largest absolute Gasteiger partial charge is 0.469 e. The van der Waals surface area contributed by atoms with Crippen LogP contribution in [0.2, 0.25) is 0 Å². The average molecular weight is 9390 g/mol. The first-order valence-electron chi connectivity index (χ1n) is 16.1. The monoisotopic (exact) mass is 9390 g/mol. The van der Waals surface area contributed by atoms with Crippen LogP contribution in [0, 0.1) is 2150 Å². The van der Waals surface area contributed by atoms with Crippen molar-refractivity contribution in [1.29, 1.82) is 0 Å². The maximum Gasteiger partial charge on any atom is 0.312 e. The second-order valence-electron chi connectivity index (χ2n) is 14.2. The molecule has 3 saturated carbocycles. The number of carbonyl (C=O) groups excluding carboxylic acids is 5. The first-order chi connectivity index (χ1) is 21.1. The number of hydrogen-bond donors (Lipinski definition) is 1. The Morgan fingerprint density at radius 2 is 0.810 bits per heavy atom. The van der Waals surface area contributed by atoms with E-state index in [1.165, 1.54) is 25.4 Å². The number of aromatic nitrogens is 1. The predicted molar refractivity (Wildman–Crippen MR) is 169 cm³/mol. The second kappa shape index (κ2) is 235. The van der Waals surface area contributed by atoms with Gasteiger partial charge in [-0.2, -0.15) is 0 Å². The third-order valence-electron chi connectivity index (χ3n) is 10.1. The van der Waals surface area contributed by atoms with Crippen molar-refractivity contribution in [2.75, 3.05) is 27.7 Å². The molecule has 5 rings (SSSR count). The Morgan fingerprint density at radius 1 is 0.510 bits per heavy atom. The van der Waals surface area contributed by atoms with Crippen LogP contribution in [0.4, 0.5) is 0 Å². The van der Waals surface area contributed by atoms with E-state index in [-0.39, 0.29) is 2180 Å². The zero-order valence-corrected chi connectivity index (χ0v) is 165. The van der Waals surface area contributed by atoms with Gasteiger partial charge in [0.25, 0.3) is 5.91 Å². The van der Waals surface area contributed by atoms with Gasteiger partial charge in [0.1, 0.15) is 10.7 Å². The number of nitrogens with zero attached hydrogens (tertiary/aromatic N) is 3. The number of thiazole rings is 1. The van der Waals surface area contributed by atoms with E-state index >= 15 is 0 Å². The van der Waals surface area contributed by atoms with Gasteiger partial charge in [-0.25, -0.2) is 4.98 Å². The van der Waals surface area contributed by atoms with Crippen molar-refractivity contribution in [2.45, 2.75) is 110 Å². The molecule has 11 nitrogen and oxygen atoms in total. The molecule has 745 valence electrons. The zero-order chi connectivity index (χ0) is 33.3. The van der Waals surface area contributed by atoms with Gasteiger partial charge in [0.15, 0.2) is 11.9 Å². The van der Waals surface area contributed by atoms with Gasteiger partial charge in [0, 0.05) is 2170 Å². The molecule has 0 unspecified atom stereocenters. The van der Waals surface area contributed by atoms with Crippen LogP contribution in [0.5, 0.6) is 0 Å². The molecule has 3 aliphatic carbocycles. The smallest absolute Gasteiger partial charge is 0.312 e. The van der Waals surface area contributed by atoms with E-state index in [0.29, 0.717) is 30.7 Å². The molecule has 2 amide bonds. The van der Waals surface area contributed by atoms with E-state index in [1.54, 1.807) is 17.3 Å². The molecule has 55 radical (unpaired) electrons. The number of rotatable bonds is 14. The summed E-state index contributed by atoms with van der Waals surface area (Å²) in [6, 6.07) is -0.459. The first-order valence-corrected chi connectivity index (χ1v) is 17.0. The maximum atomic E-state index is 14.0. The Bertz CT molecular complexity index is 1370. The fourth-order valence-corrected chi connectivity index (χ4v) is 8.40. The Kier molecular flexibility index (Phi) is 817. The molecule has 1 aromatic heterocycles. The second-order valence-corrected chi connectivity index (χ2v) is 15.1. The van der Waals surface area contributed by atoms with Crippen LogP contribution in [0.15, 0.2) is 5.38 Å². The minimum Gasteiger partial charge on any atom is -0.469 e. The molecular formula is C33H50N4O7STb55. The Morgan fingerprint density at radius 3 is 1.06 bits per heavy atom. The number of methoxy groups -OCH3 is 1. The summed E-state index contributed by atoms with van der Waals surface area (Å²) in [4.78, 5) is 73.0. The van der Waals surface area contributed by atoms with Gasteiger partial charge in [-0.15, -0.1) is 11.3 Å². The molecule has 1 saturated heterocycles. The maximum absolute atomic E-state index is 14.0. The summed E-state index contributed by atoms with van der Waals surface area (Å²) in [5.74, 6) is -1.51. The summed E-state index contributed by atoms with van der Waals surface area (Å²) in [6.45, 7) is 10.2. The molecule has 1 aromatic rings. The van der Waals surface area contributed by atoms with Crippen LogP contribution in [0.3, 0.4) is 0 Å². The van der Waals surface area contributed by atoms with E-state index in [9.17, 15) is 24.0 Å². The molecule has 1 aliphatic heterocycles. The van der Waals surface area contributed by atoms with Crippen LogP contribution in [-0.4, -0.2) is 89.7 Å². The van der Waals surface area contributed by atoms with Crippen molar-refractivity contribution < 1.29 is 2160 Å². The molecule has 1 N–H and O–H groups in total. The molecule has 4 fully saturated rings. The number of esters is 2. The summed E-state index contributed by atoms with van der Waals surface area (Å²) in [5.41, 5.74) is -0.656. The third-order valence-corrected chi connectivity index (χ3v) is 11.1. The van der Waals surface area contributed by atoms with Crippen molar-refractivity contribution in [3.05, 3.63) is 16.1 Å². The van der Waals surface area contributed by atoms with E-state index in [4.69, 9.17) is 9.47 Å². The van der Waals surface area contributed by atoms with E-state index in [0.717, 1.165) is 25.8 Å². The normalized spacial score (nSPS) is 11.8. The topological polar surface area (TPSA) is 135 Å². The molecule has 0 aromatic carbocycles. The minimum atomic E-state index is -0.760. The number of amides is 2. The van der Waals surface area contributed by atoms with Gasteiger partial charge in [0.2, 0.25) is 5.91 Å². The van der Waals surface area contributed by atoms with E-state index in [2.05, 4.69) is 15.2 Å². The number of nitrogens with one attached hydrogen (secondary N) is 1. The molecule has 0 spiro atoms. The molecule has 2 bridgehead atoms. The number of hydrogen-bond acceptors (Lipinski definition) is 10. The number of ether oxygens (including phenoxy) is 2. The summed E-state index contributed by atoms with van der Waals surface area (Å²) in [6.07, 6.45) is 4.33. The quantitative estimate of drug-likeness (QED) is 0.273. The van der Waals surface area contributed by atoms with Gasteiger partial charge in [-0.3, -0.25) is 28.9 Å². The number of carbonyl (C=O) groups is 5. The third kappa shape index (κ3) is 170. The summed E-state index contributed by atoms with van der Waals surface area (Å²) in [7, 11) is 5.12. The van der Waals surface area contributed by atoms with Crippen LogP contribution in [0.1, 0.15) is 108 Å². The molecular weight excluding hydrogens is 9340 g/mol. The molecule has 4 atom stereocenters. The fourth-order valence-electron chi connectivity index (χ4n) is 7.56. The van der Waals surface area contributed by atoms with Crippen molar-refractivity contribution in [1.82, 2.24) is 20.1 Å². The van der Waals surface area contributed by atoms with Crippen LogP contribution in [-0.2, 0) is 28.7 Å². The number of ketones is 1. The molecule has 2 heterocycles. The van der Waals surface area contributed by atoms with Crippen LogP contribution < -0.4 is 5.32 Å². The molecule has 4 aliphatic rings. The van der Waals surface area contributed by atoms with E-state index in [1.807, 2.05) is 34.7 Å². The van der Waals surface area contributed by atoms with Gasteiger partial charge in [0.05, 0.1) is 18.6 Å². The zero-order valence-electron chi connectivity index (χ0n) is 46.3. The fraction of sp³-hybridized carbons (Fsp3) is 0.758. The molecule has 67 heteroatoms. The minimum absolute atomic E-state index is 0. The number of likely N-dealkylation sites (N-methyl/N-ethyl adjacent to an activating group) is 1. The standard InChI is InChI=1S/C33H50N4O7S.55Tb/c1-19(2)22(13-26(39)24-11-9-10-12-36(24)6)30(41)37(7)25(20(3)4)14-27(44-21(5)38)29-34-23(15-45-29)28(40)35-33-16-32(17-33,18-33)31(42)43-8;;;;;;;;;;;;;;;;;;;;;;;;;;;;;;;;;;;;;;;;;;;;;;;;;;;;;;;/h15,19-20,22,24-25,27H,9-14,16-18H2,1-8H3,(H,35,40);;;;;;;;;;;;;;;;;;;;;;;;;;;;;;;;;;;;;;;;;;;;;;;;;;;;;;;/t22-,24+,25+,27+,32?,33?;;;;;;;;;;;;;;;;;;;;;;;;;;;;;;;;;;;;;;;;;;;;;;;;;;;;;;;/m0......................................................./s1. The Balaban J connectivity index is -0.00000000838. The SMILES string of the molecule is COC(=O)C12CC(NC(=O)c3csc([C@@H](C[C@H](C(C)C)N(C)C(=O)[C@@H](CC(=O)[C@H]4CCCCN4C)C(C)C)OC(C)=O)n3)(C1)C2.[Tb].[Tb].[Tb].[Tb].[Tb].[Tb].[Tb].[Tb].[Tb].[Tb].[Tb].[Tb].[Tb].[Tb].[Tb].[Tb].[Tb].[Tb].[Tb].[Tb].[Tb].[Tb].[Tb].[Tb].[Tb].[Tb].[Tb].[Tb].[Tb].[Tb].[Tb].[Tb].[Tb].[Tb].[Tb].[Tb].[Tb].[Tb].[Tb].[Tb].[Tb].[Tb].[Tb].[Tb].[Tb].[Tb].[Tb].[Tb].[Tb].[Tb].[Tb].[Tb].[Tb].[Tb].[Tb]. The van der Waals surface area contributed by atoms with Crippen molar-refractivity contribution in [3.8, 4) is 0 Å². The van der Waals surface area contributed by atoms with Crippen molar-refractivity contribution in [2.24, 2.45) is 23.2 Å². The first kappa shape index (κ1) is 348. The van der Waals surface area contributed by atoms with Gasteiger partial charge in [-0.1, -0.05) is 34.1 Å². The Hall–Kier alpha value is 67.9. The summed E-state index contributed by atoms with van der Waals surface area (Å²) >= 11 is 1.23. The number of Topliss-reactive ketones (excluding diaryl/α,β-unsaturated/α-hetero) is 1. The van der Waals surface area contributed by atoms with Gasteiger partial charge in [-0.05, 0) is 57.5 Å². The van der Waals surface area contributed by atoms with Gasteiger partial charge < -0.3 is 19.7 Å². The summed E-state index contributed by atoms with van der Waals surface area (Å²) < 4.78 is 10.6. The average Bonchev–Trinajstić information content (AvgIpc) is 3.44. The Labute approximate surface area is 2300 Å². The predicted octanol–water partition coefficient (Wildman–Crippen LogP) is 4.16. The van der Waals surface area contributed by atoms with Gasteiger partial charge >= 0.3 is 11.9 Å². The number of piperidine rings is 1. The van der Waals surface area contributed by atoms with Crippen LogP contribution >= 0.6 is 11.3 Å². The van der Waals surface area contributed by atoms with Crippen molar-refractivity contribution >= 4 is 40.9 Å².